The Bertz CT molecular complexity index is 744. The molecule has 3 rings (SSSR count). The third-order valence-electron chi connectivity index (χ3n) is 4.06. The molecule has 1 saturated carbocycles. The highest BCUT2D eigenvalue weighted by Crippen LogP contribution is 2.52. The summed E-state index contributed by atoms with van der Waals surface area (Å²) in [5.74, 6) is 0.562. The molecule has 0 radical (unpaired) electrons. The van der Waals surface area contributed by atoms with Crippen LogP contribution in [-0.4, -0.2) is 41.3 Å². The Morgan fingerprint density at radius 2 is 2.27 bits per heavy atom. The highest BCUT2D eigenvalue weighted by atomic mass is 31.2. The molecule has 4 N–H and O–H groups in total. The van der Waals surface area contributed by atoms with E-state index in [9.17, 15) is 4.57 Å². The summed E-state index contributed by atoms with van der Waals surface area (Å²) >= 11 is 0. The molecule has 0 amide bonds. The Kier molecular flexibility index (Phi) is 3.68. The standard InChI is InChI=1S/C12H18N5O4P/c1-2-8-3-12(8,21-7-22(18,19)20)4-17-6-16-9-10(13)14-5-15-11(9)17/h5-6,8H,2-4,7H2,1H3,(H2,13,14,15)(H2,18,19,20)/t8-,12+/m1/s1. The number of nitrogens with zero attached hydrogens (tertiary/aromatic N) is 4. The highest BCUT2D eigenvalue weighted by molar-refractivity contribution is 7.51. The van der Waals surface area contributed by atoms with Gasteiger partial charge in [-0.2, -0.15) is 0 Å². The molecule has 0 saturated heterocycles. The smallest absolute Gasteiger partial charge is 0.351 e. The second-order valence-electron chi connectivity index (χ2n) is 5.62. The number of nitrogen functional groups attached to an aromatic ring is 1. The van der Waals surface area contributed by atoms with Gasteiger partial charge >= 0.3 is 7.60 Å². The number of nitrogens with two attached hydrogens (primary N) is 1. The molecule has 2 heterocycles. The van der Waals surface area contributed by atoms with Crippen molar-refractivity contribution in [2.45, 2.75) is 31.9 Å². The van der Waals surface area contributed by atoms with E-state index in [1.165, 1.54) is 6.33 Å². The van der Waals surface area contributed by atoms with E-state index in [0.717, 1.165) is 12.8 Å². The molecule has 1 fully saturated rings. The molecule has 0 bridgehead atoms. The van der Waals surface area contributed by atoms with Gasteiger partial charge in [-0.05, 0) is 12.3 Å². The van der Waals surface area contributed by atoms with Crippen LogP contribution in [0, 0.1) is 5.92 Å². The van der Waals surface area contributed by atoms with Gasteiger partial charge in [-0.3, -0.25) is 4.57 Å². The predicted molar refractivity (Wildman–Crippen MR) is 78.9 cm³/mol. The van der Waals surface area contributed by atoms with Crippen molar-refractivity contribution in [1.29, 1.82) is 0 Å². The Balaban J connectivity index is 1.85. The maximum Gasteiger partial charge on any atom is 0.351 e. The number of anilines is 1. The number of hydrogen-bond donors (Lipinski definition) is 3. The molecular weight excluding hydrogens is 309 g/mol. The van der Waals surface area contributed by atoms with E-state index in [-0.39, 0.29) is 5.92 Å². The normalized spacial score (nSPS) is 24.8. The van der Waals surface area contributed by atoms with Crippen molar-refractivity contribution in [3.05, 3.63) is 12.7 Å². The van der Waals surface area contributed by atoms with Gasteiger partial charge in [0, 0.05) is 0 Å². The quantitative estimate of drug-likeness (QED) is 0.660. The van der Waals surface area contributed by atoms with Crippen LogP contribution in [-0.2, 0) is 15.8 Å². The lowest BCUT2D eigenvalue weighted by molar-refractivity contribution is 0.0281. The minimum Gasteiger partial charge on any atom is -0.382 e. The van der Waals surface area contributed by atoms with Crippen molar-refractivity contribution in [1.82, 2.24) is 19.5 Å². The SMILES string of the molecule is CC[C@@H]1C[C@@]1(Cn1cnc2c(N)ncnc21)OCP(=O)(O)O. The summed E-state index contributed by atoms with van der Waals surface area (Å²) in [6, 6.07) is 0. The van der Waals surface area contributed by atoms with Crippen molar-refractivity contribution in [3.8, 4) is 0 Å². The van der Waals surface area contributed by atoms with Crippen LogP contribution in [0.4, 0.5) is 5.82 Å². The number of hydrogen-bond acceptors (Lipinski definition) is 6. The van der Waals surface area contributed by atoms with Crippen molar-refractivity contribution in [3.63, 3.8) is 0 Å². The minimum atomic E-state index is -4.20. The first kappa shape index (κ1) is 15.4. The maximum absolute atomic E-state index is 11.1. The van der Waals surface area contributed by atoms with E-state index < -0.39 is 19.5 Å². The first-order chi connectivity index (χ1) is 10.3. The molecule has 1 aliphatic carbocycles. The van der Waals surface area contributed by atoms with E-state index in [4.69, 9.17) is 20.3 Å². The Morgan fingerprint density at radius 1 is 1.50 bits per heavy atom. The number of rotatable bonds is 6. The number of fused-ring (bicyclic) bond motifs is 1. The number of aromatic nitrogens is 4. The third kappa shape index (κ3) is 2.85. The molecule has 0 spiro atoms. The lowest BCUT2D eigenvalue weighted by Crippen LogP contribution is -2.25. The van der Waals surface area contributed by atoms with E-state index in [2.05, 4.69) is 15.0 Å². The van der Waals surface area contributed by atoms with E-state index in [1.54, 1.807) is 10.9 Å². The lowest BCUT2D eigenvalue weighted by Gasteiger charge is -2.19. The van der Waals surface area contributed by atoms with Gasteiger partial charge < -0.3 is 24.8 Å². The first-order valence-corrected chi connectivity index (χ1v) is 8.74. The van der Waals surface area contributed by atoms with Gasteiger partial charge in [-0.25, -0.2) is 15.0 Å². The van der Waals surface area contributed by atoms with Crippen molar-refractivity contribution >= 4 is 24.6 Å². The molecule has 2 aromatic rings. The summed E-state index contributed by atoms with van der Waals surface area (Å²) in [5, 5.41) is 0. The minimum absolute atomic E-state index is 0.260. The summed E-state index contributed by atoms with van der Waals surface area (Å²) in [7, 11) is -4.20. The molecule has 0 aromatic carbocycles. The van der Waals surface area contributed by atoms with Gasteiger partial charge in [0.05, 0.1) is 18.5 Å². The Morgan fingerprint density at radius 3 is 2.91 bits per heavy atom. The molecule has 2 atom stereocenters. The summed E-state index contributed by atoms with van der Waals surface area (Å²) in [6.07, 6.45) is 4.02. The molecule has 22 heavy (non-hydrogen) atoms. The first-order valence-electron chi connectivity index (χ1n) is 6.94. The summed E-state index contributed by atoms with van der Waals surface area (Å²) in [4.78, 5) is 30.3. The van der Waals surface area contributed by atoms with Crippen LogP contribution in [0.1, 0.15) is 19.8 Å². The zero-order valence-electron chi connectivity index (χ0n) is 12.1. The Hall–Kier alpha value is -1.54. The van der Waals surface area contributed by atoms with Crippen LogP contribution < -0.4 is 5.73 Å². The maximum atomic E-state index is 11.1. The fourth-order valence-corrected chi connectivity index (χ4v) is 3.23. The van der Waals surface area contributed by atoms with Crippen LogP contribution in [0.3, 0.4) is 0 Å². The fraction of sp³-hybridized carbons (Fsp3) is 0.583. The monoisotopic (exact) mass is 327 g/mol. The van der Waals surface area contributed by atoms with Crippen molar-refractivity contribution in [2.24, 2.45) is 5.92 Å². The van der Waals surface area contributed by atoms with E-state index >= 15 is 0 Å². The van der Waals surface area contributed by atoms with Gasteiger partial charge in [0.25, 0.3) is 0 Å². The summed E-state index contributed by atoms with van der Waals surface area (Å²) < 4.78 is 18.4. The predicted octanol–water partition coefficient (Wildman–Crippen LogP) is 0.729. The van der Waals surface area contributed by atoms with Crippen LogP contribution >= 0.6 is 7.60 Å². The molecule has 0 aliphatic heterocycles. The molecule has 9 nitrogen and oxygen atoms in total. The number of imidazole rings is 1. The molecule has 120 valence electrons. The van der Waals surface area contributed by atoms with Crippen molar-refractivity contribution < 1.29 is 19.1 Å². The van der Waals surface area contributed by atoms with E-state index in [1.807, 2.05) is 6.92 Å². The fourth-order valence-electron chi connectivity index (χ4n) is 2.81. The van der Waals surface area contributed by atoms with Gasteiger partial charge in [-0.15, -0.1) is 0 Å². The zero-order valence-corrected chi connectivity index (χ0v) is 13.0. The number of ether oxygens (including phenoxy) is 1. The van der Waals surface area contributed by atoms with Gasteiger partial charge in [0.2, 0.25) is 0 Å². The van der Waals surface area contributed by atoms with Gasteiger partial charge in [0.15, 0.2) is 11.5 Å². The average Bonchev–Trinajstić information content (AvgIpc) is 3.00. The molecule has 1 aliphatic rings. The summed E-state index contributed by atoms with van der Waals surface area (Å²) in [5.41, 5.74) is 6.28. The van der Waals surface area contributed by atoms with Crippen molar-refractivity contribution in [2.75, 3.05) is 12.1 Å². The van der Waals surface area contributed by atoms with Crippen LogP contribution in [0.5, 0.6) is 0 Å². The van der Waals surface area contributed by atoms with Crippen LogP contribution in [0.15, 0.2) is 12.7 Å². The van der Waals surface area contributed by atoms with Crippen LogP contribution in [0.2, 0.25) is 0 Å². The molecule has 10 heteroatoms. The van der Waals surface area contributed by atoms with Gasteiger partial charge in [0.1, 0.15) is 18.2 Å². The lowest BCUT2D eigenvalue weighted by atomic mass is 10.2. The molecule has 0 unspecified atom stereocenters. The largest absolute Gasteiger partial charge is 0.382 e. The van der Waals surface area contributed by atoms with E-state index in [0.29, 0.717) is 23.5 Å². The molecular formula is C12H18N5O4P. The third-order valence-corrected chi connectivity index (χ3v) is 4.52. The average molecular weight is 327 g/mol. The highest BCUT2D eigenvalue weighted by Gasteiger charge is 2.55. The zero-order chi connectivity index (χ0) is 16.0. The second-order valence-corrected chi connectivity index (χ2v) is 7.20. The Labute approximate surface area is 126 Å². The molecule has 2 aromatic heterocycles. The summed E-state index contributed by atoms with van der Waals surface area (Å²) in [6.45, 7) is 2.46. The van der Waals surface area contributed by atoms with Crippen LogP contribution in [0.25, 0.3) is 11.2 Å². The topological polar surface area (TPSA) is 136 Å². The second kappa shape index (κ2) is 5.27. The van der Waals surface area contributed by atoms with Gasteiger partial charge in [-0.1, -0.05) is 13.3 Å².